The second-order valence-corrected chi connectivity index (χ2v) is 6.08. The van der Waals surface area contributed by atoms with E-state index >= 15 is 0 Å². The number of nitrogens with one attached hydrogen (secondary N) is 1. The van der Waals surface area contributed by atoms with Crippen molar-refractivity contribution in [3.8, 4) is 0 Å². The number of carbonyl (C=O) groups is 1. The van der Waals surface area contributed by atoms with E-state index in [1.54, 1.807) is 0 Å². The highest BCUT2D eigenvalue weighted by atomic mass is 16.5. The lowest BCUT2D eigenvalue weighted by molar-refractivity contribution is -0.142. The summed E-state index contributed by atoms with van der Waals surface area (Å²) in [5.74, 6) is 0.306. The molecule has 2 heterocycles. The largest absolute Gasteiger partial charge is 0.379 e. The van der Waals surface area contributed by atoms with Gasteiger partial charge >= 0.3 is 0 Å². The van der Waals surface area contributed by atoms with Crippen LogP contribution in [0.4, 0.5) is 0 Å². The van der Waals surface area contributed by atoms with Crippen LogP contribution in [0.3, 0.4) is 0 Å². The fraction of sp³-hybridized carbons (Fsp3) is 0.933. The zero-order chi connectivity index (χ0) is 13.8. The number of nitrogens with zero attached hydrogens (tertiary/aromatic N) is 1. The van der Waals surface area contributed by atoms with Gasteiger partial charge < -0.3 is 15.0 Å². The highest BCUT2D eigenvalue weighted by Crippen LogP contribution is 2.27. The van der Waals surface area contributed by atoms with Gasteiger partial charge in [0, 0.05) is 18.1 Å². The molecule has 2 fully saturated rings. The molecule has 0 aromatic heterocycles. The molecular weight excluding hydrogens is 240 g/mol. The first-order chi connectivity index (χ1) is 9.15. The van der Waals surface area contributed by atoms with Gasteiger partial charge in [-0.05, 0) is 46.1 Å². The smallest absolute Gasteiger partial charge is 0.230 e. The van der Waals surface area contributed by atoms with E-state index in [4.69, 9.17) is 4.74 Å². The molecule has 0 spiro atoms. The van der Waals surface area contributed by atoms with Crippen molar-refractivity contribution in [2.24, 2.45) is 5.92 Å². The van der Waals surface area contributed by atoms with Gasteiger partial charge in [-0.25, -0.2) is 0 Å². The summed E-state index contributed by atoms with van der Waals surface area (Å²) in [5.41, 5.74) is 0. The van der Waals surface area contributed by atoms with Crippen molar-refractivity contribution in [1.82, 2.24) is 10.2 Å². The third kappa shape index (κ3) is 3.29. The van der Waals surface area contributed by atoms with Crippen molar-refractivity contribution in [2.45, 2.75) is 64.6 Å². The topological polar surface area (TPSA) is 41.6 Å². The Morgan fingerprint density at radius 3 is 2.58 bits per heavy atom. The molecule has 0 aromatic carbocycles. The van der Waals surface area contributed by atoms with Gasteiger partial charge in [0.15, 0.2) is 0 Å². The lowest BCUT2D eigenvalue weighted by Crippen LogP contribution is -2.53. The van der Waals surface area contributed by atoms with E-state index < -0.39 is 0 Å². The average molecular weight is 268 g/mol. The molecule has 0 radical (unpaired) electrons. The van der Waals surface area contributed by atoms with Crippen molar-refractivity contribution < 1.29 is 9.53 Å². The summed E-state index contributed by atoms with van der Waals surface area (Å²) in [6, 6.07) is 0.959. The Bertz CT molecular complexity index is 299. The maximum Gasteiger partial charge on any atom is 0.230 e. The first kappa shape index (κ1) is 14.8. The summed E-state index contributed by atoms with van der Waals surface area (Å²) < 4.78 is 5.54. The van der Waals surface area contributed by atoms with E-state index in [-0.39, 0.29) is 12.0 Å². The van der Waals surface area contributed by atoms with E-state index in [2.05, 4.69) is 31.0 Å². The van der Waals surface area contributed by atoms with Crippen molar-refractivity contribution in [2.75, 3.05) is 19.8 Å². The molecule has 0 saturated carbocycles. The van der Waals surface area contributed by atoms with Gasteiger partial charge in [0.1, 0.15) is 0 Å². The summed E-state index contributed by atoms with van der Waals surface area (Å²) in [7, 11) is 0. The summed E-state index contributed by atoms with van der Waals surface area (Å²) in [5, 5.41) is 3.46. The molecule has 4 heteroatoms. The predicted octanol–water partition coefficient (Wildman–Crippen LogP) is 1.79. The minimum Gasteiger partial charge on any atom is -0.379 e. The second-order valence-electron chi connectivity index (χ2n) is 6.08. The minimum atomic E-state index is 0.00884. The molecular formula is C15H28N2O2. The van der Waals surface area contributed by atoms with Crippen molar-refractivity contribution >= 4 is 5.91 Å². The zero-order valence-electron chi connectivity index (χ0n) is 12.5. The van der Waals surface area contributed by atoms with Gasteiger partial charge in [-0.2, -0.15) is 0 Å². The first-order valence-electron chi connectivity index (χ1n) is 7.78. The van der Waals surface area contributed by atoms with Gasteiger partial charge in [0.05, 0.1) is 19.1 Å². The molecule has 4 atom stereocenters. The molecule has 0 aliphatic carbocycles. The Morgan fingerprint density at radius 2 is 1.95 bits per heavy atom. The number of hydrogen-bond donors (Lipinski definition) is 1. The maximum absolute atomic E-state index is 12.8. The van der Waals surface area contributed by atoms with Crippen molar-refractivity contribution in [1.29, 1.82) is 0 Å². The van der Waals surface area contributed by atoms with Crippen LogP contribution in [-0.4, -0.2) is 48.7 Å². The van der Waals surface area contributed by atoms with Crippen LogP contribution in [0.1, 0.15) is 46.5 Å². The Balaban J connectivity index is 2.00. The van der Waals surface area contributed by atoms with E-state index in [1.165, 1.54) is 6.42 Å². The van der Waals surface area contributed by atoms with Crippen LogP contribution in [0.2, 0.25) is 0 Å². The summed E-state index contributed by atoms with van der Waals surface area (Å²) in [6.07, 6.45) is 4.60. The van der Waals surface area contributed by atoms with Crippen LogP contribution in [0.15, 0.2) is 0 Å². The standard InChI is InChI=1S/C15H28N2O2/c1-4-8-16-14-10-19-9-13(14)15(18)17-11(2)6-5-7-12(17)3/h11-14,16H,4-10H2,1-3H3/t11-,12+,13?,14?. The fourth-order valence-corrected chi connectivity index (χ4v) is 3.38. The molecule has 2 unspecified atom stereocenters. The number of likely N-dealkylation sites (tertiary alicyclic amines) is 1. The van der Waals surface area contributed by atoms with E-state index in [0.717, 1.165) is 25.8 Å². The molecule has 2 saturated heterocycles. The average Bonchev–Trinajstić information content (AvgIpc) is 2.84. The molecule has 110 valence electrons. The van der Waals surface area contributed by atoms with Gasteiger partial charge in [-0.15, -0.1) is 0 Å². The van der Waals surface area contributed by atoms with E-state index in [9.17, 15) is 4.79 Å². The highest BCUT2D eigenvalue weighted by molar-refractivity contribution is 5.80. The monoisotopic (exact) mass is 268 g/mol. The third-order valence-corrected chi connectivity index (χ3v) is 4.50. The number of carbonyl (C=O) groups excluding carboxylic acids is 1. The number of amides is 1. The Kier molecular flexibility index (Phi) is 5.22. The maximum atomic E-state index is 12.8. The molecule has 19 heavy (non-hydrogen) atoms. The van der Waals surface area contributed by atoms with Gasteiger partial charge in [0.2, 0.25) is 5.91 Å². The molecule has 4 nitrogen and oxygen atoms in total. The van der Waals surface area contributed by atoms with Crippen LogP contribution in [0, 0.1) is 5.92 Å². The van der Waals surface area contributed by atoms with Crippen LogP contribution in [0.5, 0.6) is 0 Å². The Morgan fingerprint density at radius 1 is 1.26 bits per heavy atom. The van der Waals surface area contributed by atoms with E-state index in [1.807, 2.05) is 0 Å². The second kappa shape index (κ2) is 6.71. The number of piperidine rings is 1. The molecule has 1 amide bonds. The molecule has 2 aliphatic rings. The van der Waals surface area contributed by atoms with Crippen LogP contribution >= 0.6 is 0 Å². The summed E-state index contributed by atoms with van der Waals surface area (Å²) in [6.45, 7) is 8.72. The predicted molar refractivity (Wildman–Crippen MR) is 76.0 cm³/mol. The zero-order valence-corrected chi connectivity index (χ0v) is 12.5. The fourth-order valence-electron chi connectivity index (χ4n) is 3.38. The minimum absolute atomic E-state index is 0.00884. The Labute approximate surface area is 116 Å². The summed E-state index contributed by atoms with van der Waals surface area (Å²) in [4.78, 5) is 14.9. The quantitative estimate of drug-likeness (QED) is 0.845. The number of ether oxygens (including phenoxy) is 1. The van der Waals surface area contributed by atoms with Crippen molar-refractivity contribution in [3.63, 3.8) is 0 Å². The number of rotatable bonds is 4. The number of hydrogen-bond acceptors (Lipinski definition) is 3. The van der Waals surface area contributed by atoms with Crippen LogP contribution in [-0.2, 0) is 9.53 Å². The van der Waals surface area contributed by atoms with E-state index in [0.29, 0.717) is 31.2 Å². The lowest BCUT2D eigenvalue weighted by Gasteiger charge is -2.41. The highest BCUT2D eigenvalue weighted by Gasteiger charge is 2.39. The third-order valence-electron chi connectivity index (χ3n) is 4.50. The molecule has 0 aromatic rings. The molecule has 2 aliphatic heterocycles. The molecule has 1 N–H and O–H groups in total. The van der Waals surface area contributed by atoms with Gasteiger partial charge in [0.25, 0.3) is 0 Å². The normalized spacial score (nSPS) is 35.6. The SMILES string of the molecule is CCCNC1COCC1C(=O)N1[C@H](C)CCC[C@@H]1C. The lowest BCUT2D eigenvalue weighted by atomic mass is 9.93. The first-order valence-corrected chi connectivity index (χ1v) is 7.78. The summed E-state index contributed by atoms with van der Waals surface area (Å²) >= 11 is 0. The Hall–Kier alpha value is -0.610. The van der Waals surface area contributed by atoms with Gasteiger partial charge in [-0.1, -0.05) is 6.92 Å². The van der Waals surface area contributed by atoms with Crippen molar-refractivity contribution in [3.05, 3.63) is 0 Å². The molecule has 2 rings (SSSR count). The van der Waals surface area contributed by atoms with Gasteiger partial charge in [-0.3, -0.25) is 4.79 Å². The van der Waals surface area contributed by atoms with Crippen LogP contribution < -0.4 is 5.32 Å². The molecule has 0 bridgehead atoms. The van der Waals surface area contributed by atoms with Crippen LogP contribution in [0.25, 0.3) is 0 Å².